The van der Waals surface area contributed by atoms with Crippen LogP contribution in [-0.2, 0) is 17.5 Å². The van der Waals surface area contributed by atoms with Gasteiger partial charge < -0.3 is 14.2 Å². The minimum atomic E-state index is -4.48. The molecule has 0 spiro atoms. The van der Waals surface area contributed by atoms with Gasteiger partial charge >= 0.3 is 6.18 Å². The van der Waals surface area contributed by atoms with E-state index in [0.717, 1.165) is 6.07 Å². The number of hydrogen-bond donors (Lipinski definition) is 0. The van der Waals surface area contributed by atoms with Crippen LogP contribution >= 0.6 is 0 Å². The number of rotatable bonds is 5. The second kappa shape index (κ2) is 8.80. The highest BCUT2D eigenvalue weighted by molar-refractivity contribution is 5.59. The number of hydrogen-bond acceptors (Lipinski definition) is 7. The average molecular weight is 409 g/mol. The molecule has 156 valence electrons. The Hall–Kier alpha value is -2.64. The maximum absolute atomic E-state index is 13.4. The topological polar surface area (TPSA) is 78.4 Å². The summed E-state index contributed by atoms with van der Waals surface area (Å²) in [7, 11) is 1.56. The Kier molecular flexibility index (Phi) is 6.39. The normalized spacial score (nSPS) is 17.0. The van der Waals surface area contributed by atoms with Crippen molar-refractivity contribution in [3.63, 3.8) is 0 Å². The van der Waals surface area contributed by atoms with E-state index in [9.17, 15) is 13.2 Å². The molecule has 0 aliphatic carbocycles. The Labute approximate surface area is 166 Å². The number of halogens is 3. The van der Waals surface area contributed by atoms with Crippen LogP contribution in [0.2, 0.25) is 0 Å². The van der Waals surface area contributed by atoms with Crippen LogP contribution in [0.1, 0.15) is 42.3 Å². The van der Waals surface area contributed by atoms with E-state index in [0.29, 0.717) is 50.9 Å². The van der Waals surface area contributed by atoms with E-state index in [4.69, 9.17) is 14.5 Å². The van der Waals surface area contributed by atoms with Crippen molar-refractivity contribution in [2.75, 3.05) is 38.2 Å². The Morgan fingerprint density at radius 3 is 2.76 bits per heavy atom. The zero-order chi connectivity index (χ0) is 21.0. The summed E-state index contributed by atoms with van der Waals surface area (Å²) < 4.78 is 50.7. The number of alkyl halides is 3. The van der Waals surface area contributed by atoms with Gasteiger partial charge in [-0.3, -0.25) is 4.90 Å². The van der Waals surface area contributed by atoms with E-state index in [2.05, 4.69) is 15.0 Å². The maximum Gasteiger partial charge on any atom is 0.418 e. The Morgan fingerprint density at radius 1 is 1.28 bits per heavy atom. The Balaban J connectivity index is 1.72. The van der Waals surface area contributed by atoms with E-state index in [1.807, 2.05) is 13.0 Å². The molecule has 1 aromatic heterocycles. The van der Waals surface area contributed by atoms with Gasteiger partial charge in [-0.05, 0) is 31.5 Å². The van der Waals surface area contributed by atoms with Gasteiger partial charge in [-0.15, -0.1) is 0 Å². The molecule has 1 fully saturated rings. The highest BCUT2D eigenvalue weighted by Crippen LogP contribution is 2.37. The summed E-state index contributed by atoms with van der Waals surface area (Å²) in [5.41, 5.74) is -0.466. The van der Waals surface area contributed by atoms with Crippen LogP contribution in [0.15, 0.2) is 22.7 Å². The summed E-state index contributed by atoms with van der Waals surface area (Å²) in [5, 5.41) is 13.0. The lowest BCUT2D eigenvalue weighted by atomic mass is 10.1. The van der Waals surface area contributed by atoms with E-state index < -0.39 is 11.7 Å². The van der Waals surface area contributed by atoms with Crippen molar-refractivity contribution in [3.05, 3.63) is 41.0 Å². The summed E-state index contributed by atoms with van der Waals surface area (Å²) in [6, 6.07) is 5.41. The second-order valence-corrected chi connectivity index (χ2v) is 6.88. The molecular formula is C19H22F3N5O2. The predicted molar refractivity (Wildman–Crippen MR) is 98.0 cm³/mol. The fraction of sp³-hybridized carbons (Fsp3) is 0.526. The van der Waals surface area contributed by atoms with E-state index in [-0.39, 0.29) is 17.4 Å². The van der Waals surface area contributed by atoms with Crippen LogP contribution in [0.3, 0.4) is 0 Å². The largest absolute Gasteiger partial charge is 0.418 e. The standard InChI is InChI=1S/C19H22F3N5O2/c1-13(28-2)18-24-17(29-25-18)12-26-6-3-7-27(9-8-26)16-10-14(11-23)4-5-15(16)19(20,21)22/h4-5,10,13H,3,6-9,12H2,1-2H3. The number of nitrogens with zero attached hydrogens (tertiary/aromatic N) is 5. The molecule has 1 unspecified atom stereocenters. The molecule has 0 bridgehead atoms. The van der Waals surface area contributed by atoms with Crippen LogP contribution in [0.4, 0.5) is 18.9 Å². The molecule has 0 radical (unpaired) electrons. The summed E-state index contributed by atoms with van der Waals surface area (Å²) in [6.45, 7) is 4.31. The van der Waals surface area contributed by atoms with Gasteiger partial charge in [-0.2, -0.15) is 23.4 Å². The fourth-order valence-corrected chi connectivity index (χ4v) is 3.27. The fourth-order valence-electron chi connectivity index (χ4n) is 3.27. The molecule has 1 saturated heterocycles. The molecule has 0 amide bonds. The predicted octanol–water partition coefficient (Wildman–Crippen LogP) is 3.38. The summed E-state index contributed by atoms with van der Waals surface area (Å²) in [6.07, 6.45) is -4.09. The first-order valence-electron chi connectivity index (χ1n) is 9.25. The van der Waals surface area contributed by atoms with Crippen LogP contribution in [0, 0.1) is 11.3 Å². The number of ether oxygens (including phenoxy) is 1. The smallest absolute Gasteiger partial charge is 0.374 e. The lowest BCUT2D eigenvalue weighted by Gasteiger charge is -2.26. The molecule has 0 N–H and O–H groups in total. The zero-order valence-corrected chi connectivity index (χ0v) is 16.2. The molecule has 3 rings (SSSR count). The number of benzene rings is 1. The van der Waals surface area contributed by atoms with Crippen molar-refractivity contribution >= 4 is 5.69 Å². The SMILES string of the molecule is COC(C)c1noc(CN2CCCN(c3cc(C#N)ccc3C(F)(F)F)CC2)n1. The van der Waals surface area contributed by atoms with Crippen molar-refractivity contribution in [1.82, 2.24) is 15.0 Å². The molecule has 1 aliphatic rings. The third kappa shape index (κ3) is 5.05. The molecular weight excluding hydrogens is 387 g/mol. The van der Waals surface area contributed by atoms with E-state index in [1.165, 1.54) is 12.1 Å². The van der Waals surface area contributed by atoms with Gasteiger partial charge in [0.1, 0.15) is 6.10 Å². The van der Waals surface area contributed by atoms with Crippen LogP contribution in [-0.4, -0.2) is 48.3 Å². The molecule has 10 heteroatoms. The van der Waals surface area contributed by atoms with Crippen LogP contribution in [0.5, 0.6) is 0 Å². The number of anilines is 1. The molecule has 1 atom stereocenters. The van der Waals surface area contributed by atoms with Gasteiger partial charge in [0.15, 0.2) is 5.82 Å². The summed E-state index contributed by atoms with van der Waals surface area (Å²) in [5.74, 6) is 0.905. The average Bonchev–Trinajstić information content (AvgIpc) is 3.04. The van der Waals surface area contributed by atoms with Gasteiger partial charge in [-0.1, -0.05) is 5.16 Å². The van der Waals surface area contributed by atoms with Crippen LogP contribution in [0.25, 0.3) is 0 Å². The zero-order valence-electron chi connectivity index (χ0n) is 16.2. The first-order valence-corrected chi connectivity index (χ1v) is 9.25. The molecule has 2 heterocycles. The van der Waals surface area contributed by atoms with E-state index >= 15 is 0 Å². The number of aromatic nitrogens is 2. The number of methoxy groups -OCH3 is 1. The van der Waals surface area contributed by atoms with Crippen molar-refractivity contribution in [1.29, 1.82) is 5.26 Å². The first-order chi connectivity index (χ1) is 13.8. The lowest BCUT2D eigenvalue weighted by molar-refractivity contribution is -0.137. The van der Waals surface area contributed by atoms with E-state index in [1.54, 1.807) is 12.0 Å². The quantitative estimate of drug-likeness (QED) is 0.749. The lowest BCUT2D eigenvalue weighted by Crippen LogP contribution is -2.31. The third-order valence-electron chi connectivity index (χ3n) is 4.92. The third-order valence-corrected chi connectivity index (χ3v) is 4.92. The Morgan fingerprint density at radius 2 is 2.07 bits per heavy atom. The van der Waals surface area contributed by atoms with Crippen molar-refractivity contribution in [3.8, 4) is 6.07 Å². The number of nitriles is 1. The minimum absolute atomic E-state index is 0.0485. The van der Waals surface area contributed by atoms with Gasteiger partial charge in [0, 0.05) is 33.3 Å². The molecule has 1 aliphatic heterocycles. The second-order valence-electron chi connectivity index (χ2n) is 6.88. The van der Waals surface area contributed by atoms with Gasteiger partial charge in [0.25, 0.3) is 0 Å². The van der Waals surface area contributed by atoms with Crippen molar-refractivity contribution in [2.24, 2.45) is 0 Å². The Bertz CT molecular complexity index is 877. The van der Waals surface area contributed by atoms with Gasteiger partial charge in [0.05, 0.1) is 29.4 Å². The minimum Gasteiger partial charge on any atom is -0.374 e. The summed E-state index contributed by atoms with van der Waals surface area (Å²) in [4.78, 5) is 8.07. The van der Waals surface area contributed by atoms with Crippen molar-refractivity contribution < 1.29 is 22.4 Å². The van der Waals surface area contributed by atoms with Gasteiger partial charge in [-0.25, -0.2) is 0 Å². The van der Waals surface area contributed by atoms with Crippen LogP contribution < -0.4 is 4.90 Å². The maximum atomic E-state index is 13.4. The first kappa shape index (κ1) is 21.1. The molecule has 0 saturated carbocycles. The molecule has 7 nitrogen and oxygen atoms in total. The highest BCUT2D eigenvalue weighted by atomic mass is 19.4. The highest BCUT2D eigenvalue weighted by Gasteiger charge is 2.35. The molecule has 29 heavy (non-hydrogen) atoms. The van der Waals surface area contributed by atoms with Gasteiger partial charge in [0.2, 0.25) is 5.89 Å². The molecule has 1 aromatic carbocycles. The monoisotopic (exact) mass is 409 g/mol. The summed E-state index contributed by atoms with van der Waals surface area (Å²) >= 11 is 0. The molecule has 2 aromatic rings. The van der Waals surface area contributed by atoms with Crippen molar-refractivity contribution in [2.45, 2.75) is 32.2 Å².